The molecule has 0 radical (unpaired) electrons. The van der Waals surface area contributed by atoms with Gasteiger partial charge in [-0.1, -0.05) is 0 Å². The predicted molar refractivity (Wildman–Crippen MR) is 70.9 cm³/mol. The summed E-state index contributed by atoms with van der Waals surface area (Å²) in [5.41, 5.74) is 0.630. The van der Waals surface area contributed by atoms with Crippen LogP contribution in [0.5, 0.6) is 0 Å². The third kappa shape index (κ3) is 2.50. The minimum Gasteiger partial charge on any atom is -0.467 e. The summed E-state index contributed by atoms with van der Waals surface area (Å²) in [6, 6.07) is 3.44. The Hall–Kier alpha value is -1.78. The number of hydrogen-bond acceptors (Lipinski definition) is 3. The molecule has 0 bridgehead atoms. The summed E-state index contributed by atoms with van der Waals surface area (Å²) < 4.78 is 6.70. The molecule has 1 aliphatic rings. The molecule has 104 valence electrons. The summed E-state index contributed by atoms with van der Waals surface area (Å²) in [5.74, 6) is -0.417. The van der Waals surface area contributed by atoms with E-state index in [1.807, 2.05) is 30.7 Å². The first-order valence-electron chi connectivity index (χ1n) is 6.62. The Labute approximate surface area is 113 Å². The lowest BCUT2D eigenvalue weighted by Gasteiger charge is -2.24. The van der Waals surface area contributed by atoms with E-state index in [9.17, 15) is 9.59 Å². The van der Waals surface area contributed by atoms with Gasteiger partial charge in [0.15, 0.2) is 0 Å². The van der Waals surface area contributed by atoms with Crippen molar-refractivity contribution in [3.8, 4) is 0 Å². The molecule has 0 aromatic carbocycles. The van der Waals surface area contributed by atoms with Gasteiger partial charge >= 0.3 is 5.97 Å². The third-order valence-electron chi connectivity index (χ3n) is 3.54. The molecule has 0 spiro atoms. The van der Waals surface area contributed by atoms with Gasteiger partial charge in [-0.05, 0) is 38.8 Å². The lowest BCUT2D eigenvalue weighted by Crippen LogP contribution is -2.41. The van der Waals surface area contributed by atoms with Crippen molar-refractivity contribution in [1.29, 1.82) is 0 Å². The monoisotopic (exact) mass is 264 g/mol. The van der Waals surface area contributed by atoms with Crippen LogP contribution in [-0.4, -0.2) is 41.0 Å². The summed E-state index contributed by atoms with van der Waals surface area (Å²) in [6.07, 6.45) is 3.41. The second-order valence-electron chi connectivity index (χ2n) is 5.07. The molecule has 5 heteroatoms. The first-order valence-corrected chi connectivity index (χ1v) is 6.62. The molecular formula is C14H20N2O3. The zero-order chi connectivity index (χ0) is 14.0. The van der Waals surface area contributed by atoms with E-state index >= 15 is 0 Å². The fourth-order valence-corrected chi connectivity index (χ4v) is 2.56. The van der Waals surface area contributed by atoms with Gasteiger partial charge in [0.25, 0.3) is 5.91 Å². The second-order valence-corrected chi connectivity index (χ2v) is 5.07. The molecule has 1 atom stereocenters. The molecule has 0 N–H and O–H groups in total. The summed E-state index contributed by atoms with van der Waals surface area (Å²) in [4.78, 5) is 25.9. The van der Waals surface area contributed by atoms with E-state index in [4.69, 9.17) is 4.74 Å². The van der Waals surface area contributed by atoms with Gasteiger partial charge in [0.2, 0.25) is 0 Å². The van der Waals surface area contributed by atoms with Crippen LogP contribution in [-0.2, 0) is 9.53 Å². The van der Waals surface area contributed by atoms with Gasteiger partial charge in [-0.3, -0.25) is 4.79 Å². The number of carbonyl (C=O) groups is 2. The smallest absolute Gasteiger partial charge is 0.328 e. The predicted octanol–water partition coefficient (Wildman–Crippen LogP) is 1.85. The molecule has 5 nitrogen and oxygen atoms in total. The zero-order valence-corrected chi connectivity index (χ0v) is 11.6. The Morgan fingerprint density at radius 1 is 1.42 bits per heavy atom. The minimum atomic E-state index is -0.437. The van der Waals surface area contributed by atoms with Crippen LogP contribution in [0.2, 0.25) is 0 Å². The number of likely N-dealkylation sites (tertiary alicyclic amines) is 1. The van der Waals surface area contributed by atoms with Crippen molar-refractivity contribution in [2.75, 3.05) is 13.7 Å². The molecule has 1 amide bonds. The van der Waals surface area contributed by atoms with Crippen LogP contribution in [0.1, 0.15) is 43.2 Å². The Bertz CT molecular complexity index is 479. The molecule has 2 heterocycles. The Morgan fingerprint density at radius 2 is 2.16 bits per heavy atom. The summed E-state index contributed by atoms with van der Waals surface area (Å²) in [6.45, 7) is 4.67. The van der Waals surface area contributed by atoms with Crippen molar-refractivity contribution in [3.05, 3.63) is 24.0 Å². The van der Waals surface area contributed by atoms with Gasteiger partial charge in [-0.25, -0.2) is 4.79 Å². The second kappa shape index (κ2) is 5.47. The summed E-state index contributed by atoms with van der Waals surface area (Å²) >= 11 is 0. The standard InChI is InChI=1S/C14H20N2O3/c1-10(2)15-8-4-6-11(15)13(17)16-9-5-7-12(16)14(18)19-3/h4,6,8,10,12H,5,7,9H2,1-3H3. The fraction of sp³-hybridized carbons (Fsp3) is 0.571. The molecule has 0 saturated carbocycles. The van der Waals surface area contributed by atoms with Gasteiger partial charge in [-0.15, -0.1) is 0 Å². The SMILES string of the molecule is COC(=O)C1CCCN1C(=O)c1cccn1C(C)C. The molecular weight excluding hydrogens is 244 g/mol. The molecule has 1 aromatic rings. The summed E-state index contributed by atoms with van der Waals surface area (Å²) in [7, 11) is 1.36. The quantitative estimate of drug-likeness (QED) is 0.783. The number of nitrogens with zero attached hydrogens (tertiary/aromatic N) is 2. The van der Waals surface area contributed by atoms with Gasteiger partial charge < -0.3 is 14.2 Å². The van der Waals surface area contributed by atoms with Crippen LogP contribution >= 0.6 is 0 Å². The van der Waals surface area contributed by atoms with Gasteiger partial charge in [0.05, 0.1) is 7.11 Å². The number of rotatable bonds is 3. The van der Waals surface area contributed by atoms with Crippen LogP contribution in [0.15, 0.2) is 18.3 Å². The van der Waals surface area contributed by atoms with Crippen molar-refractivity contribution >= 4 is 11.9 Å². The highest BCUT2D eigenvalue weighted by Gasteiger charge is 2.36. The fourth-order valence-electron chi connectivity index (χ4n) is 2.56. The molecule has 1 aliphatic heterocycles. The van der Waals surface area contributed by atoms with Crippen LogP contribution in [0.4, 0.5) is 0 Å². The van der Waals surface area contributed by atoms with Gasteiger partial charge in [0.1, 0.15) is 11.7 Å². The Morgan fingerprint density at radius 3 is 2.79 bits per heavy atom. The van der Waals surface area contributed by atoms with E-state index in [2.05, 4.69) is 0 Å². The first-order chi connectivity index (χ1) is 9.06. The van der Waals surface area contributed by atoms with Crippen molar-refractivity contribution < 1.29 is 14.3 Å². The molecule has 1 fully saturated rings. The first kappa shape index (κ1) is 13.6. The number of ether oxygens (including phenoxy) is 1. The highest BCUT2D eigenvalue weighted by Crippen LogP contribution is 2.22. The van der Waals surface area contributed by atoms with Crippen LogP contribution < -0.4 is 0 Å². The molecule has 1 unspecified atom stereocenters. The van der Waals surface area contributed by atoms with Crippen molar-refractivity contribution in [1.82, 2.24) is 9.47 Å². The average Bonchev–Trinajstić information content (AvgIpc) is 3.05. The van der Waals surface area contributed by atoms with Crippen molar-refractivity contribution in [2.24, 2.45) is 0 Å². The van der Waals surface area contributed by atoms with Crippen molar-refractivity contribution in [3.63, 3.8) is 0 Å². The maximum atomic E-state index is 12.6. The number of carbonyl (C=O) groups excluding carboxylic acids is 2. The Kier molecular flexibility index (Phi) is 3.93. The molecule has 1 aromatic heterocycles. The zero-order valence-electron chi connectivity index (χ0n) is 11.6. The molecule has 19 heavy (non-hydrogen) atoms. The highest BCUT2D eigenvalue weighted by atomic mass is 16.5. The van der Waals surface area contributed by atoms with E-state index in [1.165, 1.54) is 7.11 Å². The molecule has 0 aliphatic carbocycles. The number of hydrogen-bond donors (Lipinski definition) is 0. The number of esters is 1. The maximum Gasteiger partial charge on any atom is 0.328 e. The Balaban J connectivity index is 2.23. The van der Waals surface area contributed by atoms with E-state index in [0.29, 0.717) is 18.7 Å². The maximum absolute atomic E-state index is 12.6. The lowest BCUT2D eigenvalue weighted by atomic mass is 10.2. The van der Waals surface area contributed by atoms with E-state index in [-0.39, 0.29) is 17.9 Å². The van der Waals surface area contributed by atoms with Crippen LogP contribution in [0.25, 0.3) is 0 Å². The molecule has 1 saturated heterocycles. The van der Waals surface area contributed by atoms with Crippen LogP contribution in [0, 0.1) is 0 Å². The van der Waals surface area contributed by atoms with E-state index in [1.54, 1.807) is 11.0 Å². The number of methoxy groups -OCH3 is 1. The molecule has 2 rings (SSSR count). The largest absolute Gasteiger partial charge is 0.467 e. The average molecular weight is 264 g/mol. The van der Waals surface area contributed by atoms with Crippen LogP contribution in [0.3, 0.4) is 0 Å². The lowest BCUT2D eigenvalue weighted by molar-refractivity contribution is -0.145. The van der Waals surface area contributed by atoms with E-state index in [0.717, 1.165) is 6.42 Å². The number of amides is 1. The number of aromatic nitrogens is 1. The highest BCUT2D eigenvalue weighted by molar-refractivity contribution is 5.96. The van der Waals surface area contributed by atoms with Crippen molar-refractivity contribution in [2.45, 2.75) is 38.8 Å². The van der Waals surface area contributed by atoms with Gasteiger partial charge in [0, 0.05) is 18.8 Å². The normalized spacial score (nSPS) is 18.9. The third-order valence-corrected chi connectivity index (χ3v) is 3.54. The van der Waals surface area contributed by atoms with E-state index < -0.39 is 6.04 Å². The topological polar surface area (TPSA) is 51.5 Å². The van der Waals surface area contributed by atoms with Gasteiger partial charge in [-0.2, -0.15) is 0 Å². The minimum absolute atomic E-state index is 0.0911. The summed E-state index contributed by atoms with van der Waals surface area (Å²) in [5, 5.41) is 0.